The highest BCUT2D eigenvalue weighted by Crippen LogP contribution is 2.42. The second kappa shape index (κ2) is 10.9. The van der Waals surface area contributed by atoms with Crippen LogP contribution in [0.2, 0.25) is 0 Å². The molecule has 0 amide bonds. The van der Waals surface area contributed by atoms with Crippen molar-refractivity contribution in [2.45, 2.75) is 12.4 Å². The first-order valence-corrected chi connectivity index (χ1v) is 9.03. The smallest absolute Gasteiger partial charge is 0.475 e. The Balaban J connectivity index is 0.000000324. The van der Waals surface area contributed by atoms with Gasteiger partial charge in [0.1, 0.15) is 0 Å². The number of aliphatic carboxylic acids is 2. The summed E-state index contributed by atoms with van der Waals surface area (Å²) in [4.78, 5) is 30.3. The highest BCUT2D eigenvalue weighted by Gasteiger charge is 2.51. The lowest BCUT2D eigenvalue weighted by atomic mass is 9.81. The molecule has 0 radical (unpaired) electrons. The predicted octanol–water partition coefficient (Wildman–Crippen LogP) is 1.90. The lowest BCUT2D eigenvalue weighted by Gasteiger charge is -2.30. The van der Waals surface area contributed by atoms with Crippen LogP contribution >= 0.6 is 0 Å². The molecule has 188 valence electrons. The third kappa shape index (κ3) is 8.60. The lowest BCUT2D eigenvalue weighted by molar-refractivity contribution is -0.193. The molecule has 9 nitrogen and oxygen atoms in total. The summed E-state index contributed by atoms with van der Waals surface area (Å²) in [5, 5.41) is 14.2. The zero-order valence-electron chi connectivity index (χ0n) is 17.3. The first-order valence-electron chi connectivity index (χ1n) is 9.03. The number of carboxylic acid groups (broad SMARTS) is 2. The van der Waals surface area contributed by atoms with E-state index in [-0.39, 0.29) is 5.41 Å². The SMILES string of the molecule is CN(C)C[C@]12COC[C@H]1CN(c1ncc(F)cn1)C2.O=C(O)C(F)(F)F.O=C(O)C(F)(F)F. The molecule has 0 bridgehead atoms. The van der Waals surface area contributed by atoms with Crippen LogP contribution in [0, 0.1) is 17.2 Å². The molecule has 1 aromatic heterocycles. The Morgan fingerprint density at radius 2 is 1.58 bits per heavy atom. The first-order chi connectivity index (χ1) is 15.0. The normalized spacial score (nSPS) is 22.1. The van der Waals surface area contributed by atoms with Gasteiger partial charge in [0.2, 0.25) is 5.95 Å². The van der Waals surface area contributed by atoms with Gasteiger partial charge in [0.05, 0.1) is 25.6 Å². The van der Waals surface area contributed by atoms with Crippen LogP contribution in [-0.2, 0) is 14.3 Å². The molecule has 0 aromatic carbocycles. The van der Waals surface area contributed by atoms with Crippen molar-refractivity contribution in [3.63, 3.8) is 0 Å². The Kier molecular flexibility index (Phi) is 9.35. The number of ether oxygens (including phenoxy) is 1. The van der Waals surface area contributed by atoms with E-state index in [2.05, 4.69) is 33.9 Å². The van der Waals surface area contributed by atoms with Gasteiger partial charge in [0.25, 0.3) is 0 Å². The Morgan fingerprint density at radius 1 is 1.12 bits per heavy atom. The number of fused-ring (bicyclic) bond motifs is 1. The molecule has 3 heterocycles. The van der Waals surface area contributed by atoms with Crippen LogP contribution in [0.15, 0.2) is 12.4 Å². The van der Waals surface area contributed by atoms with E-state index >= 15 is 0 Å². The van der Waals surface area contributed by atoms with Crippen molar-refractivity contribution in [3.05, 3.63) is 18.2 Å². The van der Waals surface area contributed by atoms with Gasteiger partial charge in [-0.25, -0.2) is 23.9 Å². The maximum absolute atomic E-state index is 12.9. The van der Waals surface area contributed by atoms with Crippen LogP contribution in [0.3, 0.4) is 0 Å². The monoisotopic (exact) mass is 494 g/mol. The second-order valence-electron chi connectivity index (χ2n) is 7.50. The predicted molar refractivity (Wildman–Crippen MR) is 96.9 cm³/mol. The molecule has 33 heavy (non-hydrogen) atoms. The Bertz CT molecular complexity index is 780. The van der Waals surface area contributed by atoms with Gasteiger partial charge in [-0.05, 0) is 14.1 Å². The van der Waals surface area contributed by atoms with Crippen LogP contribution in [0.5, 0.6) is 0 Å². The molecule has 2 aliphatic heterocycles. The Labute approximate surface area is 182 Å². The van der Waals surface area contributed by atoms with Gasteiger partial charge in [0.15, 0.2) is 5.82 Å². The largest absolute Gasteiger partial charge is 0.490 e. The van der Waals surface area contributed by atoms with Crippen molar-refractivity contribution in [1.29, 1.82) is 0 Å². The molecule has 0 saturated carbocycles. The molecule has 16 heteroatoms. The minimum Gasteiger partial charge on any atom is -0.475 e. The van der Waals surface area contributed by atoms with Gasteiger partial charge < -0.3 is 24.7 Å². The highest BCUT2D eigenvalue weighted by atomic mass is 19.4. The van der Waals surface area contributed by atoms with Crippen molar-refractivity contribution in [3.8, 4) is 0 Å². The summed E-state index contributed by atoms with van der Waals surface area (Å²) in [5.41, 5.74) is 0.154. The maximum atomic E-state index is 12.9. The summed E-state index contributed by atoms with van der Waals surface area (Å²) in [6.07, 6.45) is -7.71. The Morgan fingerprint density at radius 3 is 1.97 bits per heavy atom. The fraction of sp³-hybridized carbons (Fsp3) is 0.647. The number of alkyl halides is 6. The van der Waals surface area contributed by atoms with Crippen molar-refractivity contribution >= 4 is 17.9 Å². The van der Waals surface area contributed by atoms with Gasteiger partial charge in [-0.3, -0.25) is 0 Å². The van der Waals surface area contributed by atoms with Crippen molar-refractivity contribution in [2.75, 3.05) is 51.8 Å². The van der Waals surface area contributed by atoms with E-state index in [1.54, 1.807) is 0 Å². The molecule has 2 fully saturated rings. The third-order valence-corrected chi connectivity index (χ3v) is 4.53. The molecular weight excluding hydrogens is 473 g/mol. The average Bonchev–Trinajstić information content (AvgIpc) is 3.17. The van der Waals surface area contributed by atoms with Gasteiger partial charge in [-0.15, -0.1) is 0 Å². The number of hydrogen-bond acceptors (Lipinski definition) is 7. The van der Waals surface area contributed by atoms with Crippen LogP contribution in [0.25, 0.3) is 0 Å². The standard InChI is InChI=1S/C13H19FN4O.2C2HF3O2/c1-17(2)7-13-8-18(5-10(13)6-19-9-13)12-15-3-11(14)4-16-12;2*3-2(4,5)1(6)7/h3-4,10H,5-9H2,1-2H3;2*(H,6,7)/t10-,13+;;/m1../s1. The number of halogens is 7. The van der Waals surface area contributed by atoms with Crippen LogP contribution in [0.4, 0.5) is 36.7 Å². The van der Waals surface area contributed by atoms with E-state index in [1.165, 1.54) is 12.4 Å². The summed E-state index contributed by atoms with van der Waals surface area (Å²) < 4.78 is 82.0. The van der Waals surface area contributed by atoms with Crippen molar-refractivity contribution < 1.29 is 55.3 Å². The number of anilines is 1. The first kappa shape index (κ1) is 28.3. The topological polar surface area (TPSA) is 116 Å². The number of aromatic nitrogens is 2. The quantitative estimate of drug-likeness (QED) is 0.608. The number of carboxylic acids is 2. The summed E-state index contributed by atoms with van der Waals surface area (Å²) in [6, 6.07) is 0. The number of hydrogen-bond donors (Lipinski definition) is 2. The summed E-state index contributed by atoms with van der Waals surface area (Å²) in [5.74, 6) is -4.79. The molecule has 2 saturated heterocycles. The molecule has 0 unspecified atom stereocenters. The number of carbonyl (C=O) groups is 2. The molecular formula is C17H21F7N4O5. The van der Waals surface area contributed by atoms with E-state index < -0.39 is 30.1 Å². The van der Waals surface area contributed by atoms with E-state index in [0.717, 1.165) is 32.8 Å². The second-order valence-corrected chi connectivity index (χ2v) is 7.50. The lowest BCUT2D eigenvalue weighted by Crippen LogP contribution is -2.40. The Hall–Kier alpha value is -2.75. The molecule has 3 rings (SSSR count). The van der Waals surface area contributed by atoms with Crippen LogP contribution in [-0.4, -0.2) is 96.3 Å². The molecule has 1 aromatic rings. The van der Waals surface area contributed by atoms with E-state index in [1.807, 2.05) is 0 Å². The van der Waals surface area contributed by atoms with Gasteiger partial charge >= 0.3 is 24.3 Å². The molecule has 2 atom stereocenters. The molecule has 0 spiro atoms. The fourth-order valence-electron chi connectivity index (χ4n) is 3.31. The maximum Gasteiger partial charge on any atom is 0.490 e. The zero-order valence-corrected chi connectivity index (χ0v) is 17.3. The fourth-order valence-corrected chi connectivity index (χ4v) is 3.31. The summed E-state index contributed by atoms with van der Waals surface area (Å²) in [6.45, 7) is 4.34. The average molecular weight is 494 g/mol. The van der Waals surface area contributed by atoms with Crippen molar-refractivity contribution in [2.24, 2.45) is 11.3 Å². The number of nitrogens with zero attached hydrogens (tertiary/aromatic N) is 4. The van der Waals surface area contributed by atoms with E-state index in [4.69, 9.17) is 24.5 Å². The van der Waals surface area contributed by atoms with E-state index in [0.29, 0.717) is 11.9 Å². The summed E-state index contributed by atoms with van der Waals surface area (Å²) >= 11 is 0. The van der Waals surface area contributed by atoms with Crippen LogP contribution < -0.4 is 4.90 Å². The van der Waals surface area contributed by atoms with Gasteiger partial charge in [0, 0.05) is 31.0 Å². The molecule has 0 aliphatic carbocycles. The van der Waals surface area contributed by atoms with E-state index in [9.17, 15) is 30.7 Å². The highest BCUT2D eigenvalue weighted by molar-refractivity contribution is 5.73. The minimum atomic E-state index is -5.08. The van der Waals surface area contributed by atoms with Gasteiger partial charge in [-0.1, -0.05) is 0 Å². The zero-order chi connectivity index (χ0) is 25.6. The van der Waals surface area contributed by atoms with Crippen LogP contribution in [0.1, 0.15) is 0 Å². The third-order valence-electron chi connectivity index (χ3n) is 4.53. The number of rotatable bonds is 3. The van der Waals surface area contributed by atoms with Gasteiger partial charge in [-0.2, -0.15) is 26.3 Å². The summed E-state index contributed by atoms with van der Waals surface area (Å²) in [7, 11) is 4.17. The van der Waals surface area contributed by atoms with Crippen molar-refractivity contribution in [1.82, 2.24) is 14.9 Å². The molecule has 2 N–H and O–H groups in total. The minimum absolute atomic E-state index is 0.154. The molecule has 2 aliphatic rings.